The molecule has 2 aromatic rings. The van der Waals surface area contributed by atoms with Crippen molar-refractivity contribution < 1.29 is 0 Å². The summed E-state index contributed by atoms with van der Waals surface area (Å²) in [4.78, 5) is 0. The summed E-state index contributed by atoms with van der Waals surface area (Å²) >= 11 is 0. The molecule has 0 unspecified atom stereocenters. The lowest BCUT2D eigenvalue weighted by Gasteiger charge is -2.09. The van der Waals surface area contributed by atoms with E-state index in [1.165, 1.54) is 5.56 Å². The van der Waals surface area contributed by atoms with Crippen LogP contribution in [0.25, 0.3) is 5.69 Å². The maximum absolute atomic E-state index is 4.10. The summed E-state index contributed by atoms with van der Waals surface area (Å²) in [6.07, 6.45) is 2.15. The highest BCUT2D eigenvalue weighted by Gasteiger charge is 2.10. The van der Waals surface area contributed by atoms with Crippen molar-refractivity contribution >= 4 is 0 Å². The first-order valence-electron chi connectivity index (χ1n) is 6.43. The number of para-hydroxylation sites is 1. The number of tetrazole rings is 1. The smallest absolute Gasteiger partial charge is 0.170 e. The third kappa shape index (κ3) is 2.73. The molecule has 5 nitrogen and oxygen atoms in total. The standard InChI is InChI=1S/C13H19N5/c1-3-7-11-8-5-6-9-12(11)18-13(10-14-4-2)15-16-17-18/h5-6,8-9,14H,3-4,7,10H2,1-2H3. The minimum atomic E-state index is 0.684. The van der Waals surface area contributed by atoms with Crippen molar-refractivity contribution in [2.75, 3.05) is 6.54 Å². The van der Waals surface area contributed by atoms with Crippen LogP contribution < -0.4 is 5.32 Å². The average Bonchev–Trinajstić information content (AvgIpc) is 2.85. The van der Waals surface area contributed by atoms with Gasteiger partial charge in [0.25, 0.3) is 0 Å². The summed E-state index contributed by atoms with van der Waals surface area (Å²) in [6.45, 7) is 5.84. The number of nitrogens with zero attached hydrogens (tertiary/aromatic N) is 4. The first kappa shape index (κ1) is 12.7. The van der Waals surface area contributed by atoms with Crippen LogP contribution in [0, 0.1) is 0 Å². The van der Waals surface area contributed by atoms with Gasteiger partial charge in [0, 0.05) is 0 Å². The Bertz CT molecular complexity index is 492. The van der Waals surface area contributed by atoms with E-state index in [0.29, 0.717) is 6.54 Å². The SMILES string of the molecule is CCCc1ccccc1-n1nnnc1CNCC. The molecule has 0 bridgehead atoms. The minimum Gasteiger partial charge on any atom is -0.310 e. The van der Waals surface area contributed by atoms with E-state index in [1.54, 1.807) is 0 Å². The van der Waals surface area contributed by atoms with Gasteiger partial charge in [0.2, 0.25) is 0 Å². The number of aryl methyl sites for hydroxylation is 1. The van der Waals surface area contributed by atoms with Crippen molar-refractivity contribution in [2.24, 2.45) is 0 Å². The third-order valence-corrected chi connectivity index (χ3v) is 2.81. The van der Waals surface area contributed by atoms with Crippen LogP contribution in [-0.2, 0) is 13.0 Å². The molecule has 96 valence electrons. The predicted octanol–water partition coefficient (Wildman–Crippen LogP) is 1.72. The minimum absolute atomic E-state index is 0.684. The van der Waals surface area contributed by atoms with Gasteiger partial charge >= 0.3 is 0 Å². The quantitative estimate of drug-likeness (QED) is 0.842. The lowest BCUT2D eigenvalue weighted by molar-refractivity contribution is 0.661. The van der Waals surface area contributed by atoms with Crippen LogP contribution in [0.2, 0.25) is 0 Å². The second kappa shape index (κ2) is 6.26. The van der Waals surface area contributed by atoms with Crippen LogP contribution in [-0.4, -0.2) is 26.8 Å². The van der Waals surface area contributed by atoms with Crippen LogP contribution in [0.4, 0.5) is 0 Å². The number of rotatable bonds is 6. The van der Waals surface area contributed by atoms with E-state index >= 15 is 0 Å². The normalized spacial score (nSPS) is 10.8. The Morgan fingerprint density at radius 3 is 2.83 bits per heavy atom. The number of nitrogens with one attached hydrogen (secondary N) is 1. The van der Waals surface area contributed by atoms with Crippen LogP contribution in [0.5, 0.6) is 0 Å². The maximum Gasteiger partial charge on any atom is 0.170 e. The zero-order valence-corrected chi connectivity index (χ0v) is 10.9. The molecule has 2 rings (SSSR count). The average molecular weight is 245 g/mol. The topological polar surface area (TPSA) is 55.6 Å². The van der Waals surface area contributed by atoms with Gasteiger partial charge in [0.05, 0.1) is 12.2 Å². The van der Waals surface area contributed by atoms with E-state index in [9.17, 15) is 0 Å². The van der Waals surface area contributed by atoms with Crippen LogP contribution >= 0.6 is 0 Å². The number of benzene rings is 1. The highest BCUT2D eigenvalue weighted by Crippen LogP contribution is 2.16. The monoisotopic (exact) mass is 245 g/mol. The zero-order chi connectivity index (χ0) is 12.8. The molecule has 18 heavy (non-hydrogen) atoms. The molecule has 0 saturated heterocycles. The molecule has 0 aliphatic carbocycles. The Balaban J connectivity index is 2.33. The van der Waals surface area contributed by atoms with Crippen LogP contribution in [0.15, 0.2) is 24.3 Å². The molecule has 0 fully saturated rings. The number of aromatic nitrogens is 4. The molecular formula is C13H19N5. The first-order valence-corrected chi connectivity index (χ1v) is 6.43. The van der Waals surface area contributed by atoms with Gasteiger partial charge in [-0.05, 0) is 35.0 Å². The molecule has 5 heteroatoms. The summed E-state index contributed by atoms with van der Waals surface area (Å²) in [5.74, 6) is 0.848. The molecule has 1 heterocycles. The van der Waals surface area contributed by atoms with E-state index in [4.69, 9.17) is 0 Å². The Labute approximate surface area is 107 Å². The summed E-state index contributed by atoms with van der Waals surface area (Å²) in [7, 11) is 0. The number of hydrogen-bond donors (Lipinski definition) is 1. The van der Waals surface area contributed by atoms with Crippen LogP contribution in [0.1, 0.15) is 31.7 Å². The van der Waals surface area contributed by atoms with Crippen molar-refractivity contribution in [2.45, 2.75) is 33.2 Å². The van der Waals surface area contributed by atoms with E-state index in [1.807, 2.05) is 10.7 Å². The fourth-order valence-corrected chi connectivity index (χ4v) is 1.94. The summed E-state index contributed by atoms with van der Waals surface area (Å²) in [5.41, 5.74) is 2.36. The third-order valence-electron chi connectivity index (χ3n) is 2.81. The highest BCUT2D eigenvalue weighted by molar-refractivity contribution is 5.40. The van der Waals surface area contributed by atoms with E-state index in [0.717, 1.165) is 30.9 Å². The second-order valence-corrected chi connectivity index (χ2v) is 4.17. The Kier molecular flexibility index (Phi) is 4.41. The van der Waals surface area contributed by atoms with E-state index < -0.39 is 0 Å². The van der Waals surface area contributed by atoms with Crippen LogP contribution in [0.3, 0.4) is 0 Å². The first-order chi connectivity index (χ1) is 8.86. The molecule has 1 aromatic heterocycles. The zero-order valence-electron chi connectivity index (χ0n) is 10.9. The fraction of sp³-hybridized carbons (Fsp3) is 0.462. The molecule has 0 radical (unpaired) electrons. The van der Waals surface area contributed by atoms with Gasteiger partial charge in [-0.15, -0.1) is 5.10 Å². The fourth-order valence-electron chi connectivity index (χ4n) is 1.94. The van der Waals surface area contributed by atoms with Gasteiger partial charge in [0.1, 0.15) is 0 Å². The highest BCUT2D eigenvalue weighted by atomic mass is 15.5. The molecular weight excluding hydrogens is 226 g/mol. The van der Waals surface area contributed by atoms with Gasteiger partial charge in [-0.3, -0.25) is 0 Å². The van der Waals surface area contributed by atoms with Gasteiger partial charge in [-0.25, -0.2) is 0 Å². The van der Waals surface area contributed by atoms with Gasteiger partial charge < -0.3 is 5.32 Å². The maximum atomic E-state index is 4.10. The van der Waals surface area contributed by atoms with E-state index in [2.05, 4.69) is 52.9 Å². The van der Waals surface area contributed by atoms with Crippen molar-refractivity contribution in [3.63, 3.8) is 0 Å². The summed E-state index contributed by atoms with van der Waals surface area (Å²) in [6, 6.07) is 8.28. The van der Waals surface area contributed by atoms with E-state index in [-0.39, 0.29) is 0 Å². The molecule has 0 atom stereocenters. The summed E-state index contributed by atoms with van der Waals surface area (Å²) < 4.78 is 1.83. The lowest BCUT2D eigenvalue weighted by atomic mass is 10.1. The van der Waals surface area contributed by atoms with Gasteiger partial charge in [0.15, 0.2) is 5.82 Å². The van der Waals surface area contributed by atoms with Crippen molar-refractivity contribution in [3.8, 4) is 5.69 Å². The molecule has 0 saturated carbocycles. The largest absolute Gasteiger partial charge is 0.310 e. The molecule has 1 N–H and O–H groups in total. The molecule has 0 amide bonds. The van der Waals surface area contributed by atoms with Crippen molar-refractivity contribution in [1.29, 1.82) is 0 Å². The predicted molar refractivity (Wildman–Crippen MR) is 70.5 cm³/mol. The van der Waals surface area contributed by atoms with Crippen molar-refractivity contribution in [3.05, 3.63) is 35.7 Å². The van der Waals surface area contributed by atoms with Gasteiger partial charge in [-0.2, -0.15) is 4.68 Å². The Morgan fingerprint density at radius 1 is 1.22 bits per heavy atom. The molecule has 0 aliphatic heterocycles. The molecule has 0 aliphatic rings. The molecule has 1 aromatic carbocycles. The lowest BCUT2D eigenvalue weighted by Crippen LogP contribution is -2.16. The molecule has 0 spiro atoms. The Hall–Kier alpha value is -1.75. The number of hydrogen-bond acceptors (Lipinski definition) is 4. The Morgan fingerprint density at radius 2 is 2.06 bits per heavy atom. The van der Waals surface area contributed by atoms with Crippen molar-refractivity contribution in [1.82, 2.24) is 25.5 Å². The summed E-state index contributed by atoms with van der Waals surface area (Å²) in [5, 5.41) is 15.2. The second-order valence-electron chi connectivity index (χ2n) is 4.17. The van der Waals surface area contributed by atoms with Gasteiger partial charge in [-0.1, -0.05) is 38.5 Å².